The molecule has 1 aliphatic heterocycles. The van der Waals surface area contributed by atoms with Crippen molar-refractivity contribution in [2.45, 2.75) is 25.9 Å². The summed E-state index contributed by atoms with van der Waals surface area (Å²) < 4.78 is 1.63. The van der Waals surface area contributed by atoms with E-state index >= 15 is 0 Å². The lowest BCUT2D eigenvalue weighted by molar-refractivity contribution is 0.0950. The van der Waals surface area contributed by atoms with Crippen LogP contribution in [0.2, 0.25) is 0 Å². The van der Waals surface area contributed by atoms with Gasteiger partial charge in [-0.25, -0.2) is 0 Å². The average molecular weight is 325 g/mol. The molecule has 1 amide bonds. The van der Waals surface area contributed by atoms with Crippen molar-refractivity contribution >= 4 is 5.91 Å². The molecule has 0 unspecified atom stereocenters. The monoisotopic (exact) mass is 325 g/mol. The number of likely N-dealkylation sites (tertiary alicyclic amines) is 1. The topological polar surface area (TPSA) is 54.3 Å². The Morgan fingerprint density at radius 2 is 1.75 bits per heavy atom. The van der Waals surface area contributed by atoms with Gasteiger partial charge in [0, 0.05) is 31.9 Å². The van der Waals surface area contributed by atoms with E-state index in [9.17, 15) is 9.59 Å². The lowest BCUT2D eigenvalue weighted by atomic mass is 10.2. The summed E-state index contributed by atoms with van der Waals surface area (Å²) in [5.41, 5.74) is 1.51. The van der Waals surface area contributed by atoms with Crippen molar-refractivity contribution < 1.29 is 4.79 Å². The number of nitrogens with zero attached hydrogens (tertiary/aromatic N) is 2. The molecule has 5 nitrogen and oxygen atoms in total. The number of aromatic nitrogens is 1. The highest BCUT2D eigenvalue weighted by atomic mass is 16.2. The Balaban J connectivity index is 1.61. The van der Waals surface area contributed by atoms with E-state index in [0.29, 0.717) is 18.7 Å². The predicted octanol–water partition coefficient (Wildman–Crippen LogP) is 1.87. The summed E-state index contributed by atoms with van der Waals surface area (Å²) in [5.74, 6) is -0.159. The Hall–Kier alpha value is -2.40. The number of carbonyl (C=O) groups is 1. The van der Waals surface area contributed by atoms with E-state index in [4.69, 9.17) is 0 Å². The molecule has 0 bridgehead atoms. The van der Waals surface area contributed by atoms with Gasteiger partial charge >= 0.3 is 0 Å². The summed E-state index contributed by atoms with van der Waals surface area (Å²) in [5, 5.41) is 2.89. The molecule has 3 rings (SSSR count). The number of hydrogen-bond acceptors (Lipinski definition) is 3. The van der Waals surface area contributed by atoms with E-state index in [1.165, 1.54) is 18.9 Å². The Bertz CT molecular complexity index is 734. The van der Waals surface area contributed by atoms with Crippen molar-refractivity contribution in [1.82, 2.24) is 14.8 Å². The van der Waals surface area contributed by atoms with Crippen LogP contribution in [-0.4, -0.2) is 35.0 Å². The normalized spacial score (nSPS) is 14.7. The smallest absolute Gasteiger partial charge is 0.253 e. The molecule has 0 aliphatic carbocycles. The van der Waals surface area contributed by atoms with Crippen molar-refractivity contribution in [1.29, 1.82) is 0 Å². The molecule has 1 saturated heterocycles. The Labute approximate surface area is 141 Å². The van der Waals surface area contributed by atoms with Gasteiger partial charge in [0.1, 0.15) is 0 Å². The number of amides is 1. The van der Waals surface area contributed by atoms with Crippen LogP contribution in [0.1, 0.15) is 28.8 Å². The quantitative estimate of drug-likeness (QED) is 0.882. The van der Waals surface area contributed by atoms with Gasteiger partial charge < -0.3 is 14.8 Å². The largest absolute Gasteiger partial charge is 0.348 e. The molecule has 1 aliphatic rings. The van der Waals surface area contributed by atoms with E-state index in [1.807, 2.05) is 30.3 Å². The van der Waals surface area contributed by atoms with Gasteiger partial charge in [-0.15, -0.1) is 0 Å². The minimum absolute atomic E-state index is 0.0613. The number of nitrogens with one attached hydrogen (secondary N) is 1. The number of benzene rings is 1. The van der Waals surface area contributed by atoms with Crippen LogP contribution in [0.25, 0.3) is 0 Å². The summed E-state index contributed by atoms with van der Waals surface area (Å²) >= 11 is 0. The van der Waals surface area contributed by atoms with E-state index in [2.05, 4.69) is 10.2 Å². The highest BCUT2D eigenvalue weighted by Crippen LogP contribution is 2.07. The van der Waals surface area contributed by atoms with E-state index in [0.717, 1.165) is 25.2 Å². The lowest BCUT2D eigenvalue weighted by Crippen LogP contribution is -2.30. The Morgan fingerprint density at radius 3 is 2.50 bits per heavy atom. The maximum atomic E-state index is 12.3. The second-order valence-electron chi connectivity index (χ2n) is 6.17. The second kappa shape index (κ2) is 7.93. The van der Waals surface area contributed by atoms with Gasteiger partial charge in [-0.05, 0) is 37.6 Å². The summed E-state index contributed by atoms with van der Waals surface area (Å²) in [4.78, 5) is 26.7. The summed E-state index contributed by atoms with van der Waals surface area (Å²) in [6, 6.07) is 12.8. The molecule has 24 heavy (non-hydrogen) atoms. The fraction of sp³-hybridized carbons (Fsp3) is 0.368. The van der Waals surface area contributed by atoms with Crippen LogP contribution in [0.15, 0.2) is 53.5 Å². The van der Waals surface area contributed by atoms with Gasteiger partial charge in [-0.1, -0.05) is 30.3 Å². The third-order valence-electron chi connectivity index (χ3n) is 4.40. The Kier molecular flexibility index (Phi) is 5.43. The molecule has 5 heteroatoms. The van der Waals surface area contributed by atoms with Gasteiger partial charge in [-0.2, -0.15) is 0 Å². The third-order valence-corrected chi connectivity index (χ3v) is 4.40. The average Bonchev–Trinajstić information content (AvgIpc) is 3.13. The molecule has 2 heterocycles. The summed E-state index contributed by atoms with van der Waals surface area (Å²) in [6.07, 6.45) is 4.13. The zero-order chi connectivity index (χ0) is 16.8. The van der Waals surface area contributed by atoms with E-state index in [1.54, 1.807) is 16.8 Å². The number of pyridine rings is 1. The lowest BCUT2D eigenvalue weighted by Gasteiger charge is -2.15. The zero-order valence-electron chi connectivity index (χ0n) is 13.8. The van der Waals surface area contributed by atoms with Crippen molar-refractivity contribution in [3.63, 3.8) is 0 Å². The van der Waals surface area contributed by atoms with Crippen LogP contribution < -0.4 is 10.9 Å². The summed E-state index contributed by atoms with van der Waals surface area (Å²) in [6.45, 7) is 4.16. The van der Waals surface area contributed by atoms with Crippen molar-refractivity contribution in [3.8, 4) is 0 Å². The van der Waals surface area contributed by atoms with Crippen LogP contribution in [0.5, 0.6) is 0 Å². The minimum atomic E-state index is -0.159. The molecular formula is C19H23N3O2. The maximum absolute atomic E-state index is 12.3. The maximum Gasteiger partial charge on any atom is 0.253 e. The fourth-order valence-electron chi connectivity index (χ4n) is 2.98. The van der Waals surface area contributed by atoms with Gasteiger partial charge in [-0.3, -0.25) is 9.59 Å². The standard InChI is InChI=1S/C19H23N3O2/c23-18-9-8-17(15-22(18)13-12-21-10-4-5-11-21)19(24)20-14-16-6-2-1-3-7-16/h1-3,6-9,15H,4-5,10-14H2,(H,20,24). The molecule has 1 aromatic heterocycles. The fourth-order valence-corrected chi connectivity index (χ4v) is 2.98. The van der Waals surface area contributed by atoms with Crippen LogP contribution in [0.4, 0.5) is 0 Å². The minimum Gasteiger partial charge on any atom is -0.348 e. The first-order valence-electron chi connectivity index (χ1n) is 8.47. The van der Waals surface area contributed by atoms with Crippen LogP contribution in [0, 0.1) is 0 Å². The number of hydrogen-bond donors (Lipinski definition) is 1. The first kappa shape index (κ1) is 16.5. The van der Waals surface area contributed by atoms with Crippen LogP contribution >= 0.6 is 0 Å². The molecule has 0 atom stereocenters. The molecule has 0 spiro atoms. The van der Waals surface area contributed by atoms with Crippen molar-refractivity contribution in [2.24, 2.45) is 0 Å². The molecule has 2 aromatic rings. The van der Waals surface area contributed by atoms with Gasteiger partial charge in [0.2, 0.25) is 0 Å². The van der Waals surface area contributed by atoms with Crippen LogP contribution in [-0.2, 0) is 13.1 Å². The first-order chi connectivity index (χ1) is 11.7. The predicted molar refractivity (Wildman–Crippen MR) is 94.0 cm³/mol. The van der Waals surface area contributed by atoms with E-state index in [-0.39, 0.29) is 11.5 Å². The number of rotatable bonds is 6. The van der Waals surface area contributed by atoms with Crippen LogP contribution in [0.3, 0.4) is 0 Å². The molecule has 1 fully saturated rings. The van der Waals surface area contributed by atoms with Crippen molar-refractivity contribution in [3.05, 3.63) is 70.1 Å². The number of carbonyl (C=O) groups excluding carboxylic acids is 1. The first-order valence-corrected chi connectivity index (χ1v) is 8.47. The molecular weight excluding hydrogens is 302 g/mol. The molecule has 1 aromatic carbocycles. The molecule has 0 radical (unpaired) electrons. The van der Waals surface area contributed by atoms with Gasteiger partial charge in [0.05, 0.1) is 5.56 Å². The zero-order valence-corrected chi connectivity index (χ0v) is 13.8. The SMILES string of the molecule is O=C(NCc1ccccc1)c1ccc(=O)n(CCN2CCCC2)c1. The third kappa shape index (κ3) is 4.32. The molecule has 126 valence electrons. The van der Waals surface area contributed by atoms with Gasteiger partial charge in [0.15, 0.2) is 0 Å². The van der Waals surface area contributed by atoms with E-state index < -0.39 is 0 Å². The molecule has 0 saturated carbocycles. The molecule has 1 N–H and O–H groups in total. The summed E-state index contributed by atoms with van der Waals surface area (Å²) in [7, 11) is 0. The highest BCUT2D eigenvalue weighted by Gasteiger charge is 2.12. The second-order valence-corrected chi connectivity index (χ2v) is 6.17. The van der Waals surface area contributed by atoms with Gasteiger partial charge in [0.25, 0.3) is 11.5 Å². The van der Waals surface area contributed by atoms with Crippen molar-refractivity contribution in [2.75, 3.05) is 19.6 Å². The highest BCUT2D eigenvalue weighted by molar-refractivity contribution is 5.93. The Morgan fingerprint density at radius 1 is 1.00 bits per heavy atom.